The van der Waals surface area contributed by atoms with Crippen LogP contribution in [0.1, 0.15) is 27.2 Å². The molecule has 2 heterocycles. The molecule has 0 aliphatic carbocycles. The van der Waals surface area contributed by atoms with Crippen LogP contribution in [0.2, 0.25) is 0 Å². The number of nitrogens with one attached hydrogen (secondary N) is 2. The Morgan fingerprint density at radius 1 is 1.12 bits per heavy atom. The minimum absolute atomic E-state index is 0.00257. The zero-order valence-electron chi connectivity index (χ0n) is 14.7. The lowest BCUT2D eigenvalue weighted by molar-refractivity contribution is -0.118. The summed E-state index contributed by atoms with van der Waals surface area (Å²) >= 11 is 0. The Morgan fingerprint density at radius 2 is 1.88 bits per heavy atom. The number of amides is 2. The SMILES string of the molecule is Cc1c(C)c2c(c(C)c1NC(=O)c1cc3ccccc3o1)NC(=O)CO2. The highest BCUT2D eigenvalue weighted by molar-refractivity contribution is 6.07. The zero-order valence-corrected chi connectivity index (χ0v) is 14.7. The lowest BCUT2D eigenvalue weighted by atomic mass is 9.99. The fourth-order valence-electron chi connectivity index (χ4n) is 3.22. The summed E-state index contributed by atoms with van der Waals surface area (Å²) in [5.41, 5.74) is 4.43. The van der Waals surface area contributed by atoms with Gasteiger partial charge in [-0.1, -0.05) is 18.2 Å². The third-order valence-electron chi connectivity index (χ3n) is 4.76. The summed E-state index contributed by atoms with van der Waals surface area (Å²) in [5, 5.41) is 6.62. The van der Waals surface area contributed by atoms with Crippen molar-refractivity contribution in [3.63, 3.8) is 0 Å². The number of ether oxygens (including phenoxy) is 1. The van der Waals surface area contributed by atoms with E-state index in [1.807, 2.05) is 45.0 Å². The number of hydrogen-bond donors (Lipinski definition) is 2. The molecule has 2 aromatic carbocycles. The number of carbonyl (C=O) groups excluding carboxylic acids is 2. The fourth-order valence-corrected chi connectivity index (χ4v) is 3.22. The largest absolute Gasteiger partial charge is 0.481 e. The maximum Gasteiger partial charge on any atom is 0.291 e. The molecule has 1 aliphatic rings. The molecule has 26 heavy (non-hydrogen) atoms. The van der Waals surface area contributed by atoms with Crippen LogP contribution in [0.15, 0.2) is 34.7 Å². The predicted octanol–water partition coefficient (Wildman–Crippen LogP) is 3.94. The van der Waals surface area contributed by atoms with Gasteiger partial charge in [-0.2, -0.15) is 0 Å². The van der Waals surface area contributed by atoms with Crippen molar-refractivity contribution in [1.82, 2.24) is 0 Å². The van der Waals surface area contributed by atoms with E-state index in [1.54, 1.807) is 6.07 Å². The number of fused-ring (bicyclic) bond motifs is 2. The molecule has 0 bridgehead atoms. The summed E-state index contributed by atoms with van der Waals surface area (Å²) < 4.78 is 11.2. The topological polar surface area (TPSA) is 80.6 Å². The third kappa shape index (κ3) is 2.50. The summed E-state index contributed by atoms with van der Waals surface area (Å²) in [4.78, 5) is 24.4. The van der Waals surface area contributed by atoms with E-state index in [0.717, 1.165) is 22.1 Å². The molecule has 1 aliphatic heterocycles. The van der Waals surface area contributed by atoms with E-state index in [0.29, 0.717) is 22.7 Å². The van der Waals surface area contributed by atoms with E-state index >= 15 is 0 Å². The van der Waals surface area contributed by atoms with Gasteiger partial charge in [0.05, 0.1) is 5.69 Å². The number of para-hydroxylation sites is 1. The third-order valence-corrected chi connectivity index (χ3v) is 4.76. The predicted molar refractivity (Wildman–Crippen MR) is 98.9 cm³/mol. The van der Waals surface area contributed by atoms with E-state index in [-0.39, 0.29) is 24.2 Å². The Bertz CT molecular complexity index is 1030. The highest BCUT2D eigenvalue weighted by Gasteiger charge is 2.25. The van der Waals surface area contributed by atoms with Gasteiger partial charge in [-0.05, 0) is 44.0 Å². The molecule has 6 nitrogen and oxygen atoms in total. The minimum atomic E-state index is -0.338. The van der Waals surface area contributed by atoms with Crippen molar-refractivity contribution in [2.45, 2.75) is 20.8 Å². The van der Waals surface area contributed by atoms with Gasteiger partial charge in [0.2, 0.25) is 0 Å². The molecule has 0 saturated heterocycles. The monoisotopic (exact) mass is 350 g/mol. The van der Waals surface area contributed by atoms with E-state index in [2.05, 4.69) is 10.6 Å². The Morgan fingerprint density at radius 3 is 2.65 bits per heavy atom. The molecule has 0 atom stereocenters. The number of rotatable bonds is 2. The molecule has 0 spiro atoms. The smallest absolute Gasteiger partial charge is 0.291 e. The van der Waals surface area contributed by atoms with Gasteiger partial charge in [-0.15, -0.1) is 0 Å². The molecule has 0 fully saturated rings. The van der Waals surface area contributed by atoms with E-state index in [1.165, 1.54) is 0 Å². The fraction of sp³-hybridized carbons (Fsp3) is 0.200. The van der Waals surface area contributed by atoms with Gasteiger partial charge in [0.1, 0.15) is 11.3 Å². The zero-order chi connectivity index (χ0) is 18.4. The van der Waals surface area contributed by atoms with Crippen LogP contribution in [0.3, 0.4) is 0 Å². The second-order valence-electron chi connectivity index (χ2n) is 6.39. The Balaban J connectivity index is 1.73. The maximum atomic E-state index is 12.7. The van der Waals surface area contributed by atoms with Crippen molar-refractivity contribution >= 4 is 34.2 Å². The van der Waals surface area contributed by atoms with Crippen LogP contribution >= 0.6 is 0 Å². The Hall–Kier alpha value is -3.28. The number of anilines is 2. The van der Waals surface area contributed by atoms with E-state index in [9.17, 15) is 9.59 Å². The molecule has 0 unspecified atom stereocenters. The average Bonchev–Trinajstić information content (AvgIpc) is 3.07. The van der Waals surface area contributed by atoms with Crippen LogP contribution in [0.4, 0.5) is 11.4 Å². The first-order valence-corrected chi connectivity index (χ1v) is 8.32. The summed E-state index contributed by atoms with van der Waals surface area (Å²) in [6, 6.07) is 9.17. The molecule has 2 N–H and O–H groups in total. The van der Waals surface area contributed by atoms with Gasteiger partial charge in [0, 0.05) is 16.6 Å². The molecular formula is C20H18N2O4. The second kappa shape index (κ2) is 5.91. The number of carbonyl (C=O) groups is 2. The second-order valence-corrected chi connectivity index (χ2v) is 6.39. The van der Waals surface area contributed by atoms with Crippen molar-refractivity contribution in [3.8, 4) is 5.75 Å². The van der Waals surface area contributed by atoms with E-state index in [4.69, 9.17) is 9.15 Å². The summed E-state index contributed by atoms with van der Waals surface area (Å²) in [6.07, 6.45) is 0. The lowest BCUT2D eigenvalue weighted by Gasteiger charge is -2.25. The van der Waals surface area contributed by atoms with Crippen LogP contribution < -0.4 is 15.4 Å². The van der Waals surface area contributed by atoms with Crippen molar-refractivity contribution < 1.29 is 18.7 Å². The highest BCUT2D eigenvalue weighted by atomic mass is 16.5. The van der Waals surface area contributed by atoms with Gasteiger partial charge in [-0.3, -0.25) is 9.59 Å². The molecule has 1 aromatic heterocycles. The molecule has 4 rings (SSSR count). The normalized spacial score (nSPS) is 13.1. The highest BCUT2D eigenvalue weighted by Crippen LogP contribution is 2.41. The van der Waals surface area contributed by atoms with Crippen LogP contribution in [0.25, 0.3) is 11.0 Å². The van der Waals surface area contributed by atoms with Gasteiger partial charge in [-0.25, -0.2) is 0 Å². The number of furan rings is 1. The van der Waals surface area contributed by atoms with Crippen molar-refractivity contribution in [3.05, 3.63) is 52.8 Å². The summed E-state index contributed by atoms with van der Waals surface area (Å²) in [6.45, 7) is 5.66. The molecule has 2 amide bonds. The standard InChI is InChI=1S/C20H18N2O4/c1-10-11(2)19-18(21-16(23)9-25-19)12(3)17(10)22-20(24)15-8-13-6-4-5-7-14(13)26-15/h4-8H,9H2,1-3H3,(H,21,23)(H,22,24). The van der Waals surface area contributed by atoms with Gasteiger partial charge in [0.15, 0.2) is 12.4 Å². The molecule has 132 valence electrons. The number of benzene rings is 2. The first-order chi connectivity index (χ1) is 12.5. The Kier molecular flexibility index (Phi) is 3.68. The van der Waals surface area contributed by atoms with Gasteiger partial charge in [0.25, 0.3) is 11.8 Å². The van der Waals surface area contributed by atoms with Crippen molar-refractivity contribution in [2.24, 2.45) is 0 Å². The van der Waals surface area contributed by atoms with E-state index < -0.39 is 0 Å². The first-order valence-electron chi connectivity index (χ1n) is 8.32. The van der Waals surface area contributed by atoms with Crippen molar-refractivity contribution in [2.75, 3.05) is 17.2 Å². The molecule has 0 saturated carbocycles. The molecular weight excluding hydrogens is 332 g/mol. The van der Waals surface area contributed by atoms with Crippen LogP contribution in [0, 0.1) is 20.8 Å². The van der Waals surface area contributed by atoms with Gasteiger partial charge < -0.3 is 19.8 Å². The van der Waals surface area contributed by atoms with Crippen LogP contribution in [-0.2, 0) is 4.79 Å². The first kappa shape index (κ1) is 16.2. The van der Waals surface area contributed by atoms with Crippen molar-refractivity contribution in [1.29, 1.82) is 0 Å². The minimum Gasteiger partial charge on any atom is -0.481 e. The Labute approximate surface area is 150 Å². The van der Waals surface area contributed by atoms with Crippen LogP contribution in [-0.4, -0.2) is 18.4 Å². The number of hydrogen-bond acceptors (Lipinski definition) is 4. The summed E-state index contributed by atoms with van der Waals surface area (Å²) in [7, 11) is 0. The lowest BCUT2D eigenvalue weighted by Crippen LogP contribution is -2.27. The maximum absolute atomic E-state index is 12.7. The van der Waals surface area contributed by atoms with Gasteiger partial charge >= 0.3 is 0 Å². The molecule has 3 aromatic rings. The van der Waals surface area contributed by atoms with Crippen LogP contribution in [0.5, 0.6) is 5.75 Å². The molecule has 0 radical (unpaired) electrons. The summed E-state index contributed by atoms with van der Waals surface area (Å²) in [5.74, 6) is 0.343. The average molecular weight is 350 g/mol. The quantitative estimate of drug-likeness (QED) is 0.733. The molecule has 6 heteroatoms.